The molecule has 1 heterocycles. The van der Waals surface area contributed by atoms with E-state index in [4.69, 9.17) is 0 Å². The Morgan fingerprint density at radius 1 is 1.35 bits per heavy atom. The van der Waals surface area contributed by atoms with Gasteiger partial charge in [-0.15, -0.1) is 0 Å². The molecule has 0 spiro atoms. The van der Waals surface area contributed by atoms with Crippen LogP contribution in [0.1, 0.15) is 33.7 Å². The molecule has 0 radical (unpaired) electrons. The van der Waals surface area contributed by atoms with Gasteiger partial charge in [0.2, 0.25) is 5.91 Å². The van der Waals surface area contributed by atoms with Gasteiger partial charge in [0.15, 0.2) is 9.84 Å². The smallest absolute Gasteiger partial charge is 0.247 e. The van der Waals surface area contributed by atoms with Gasteiger partial charge in [-0.25, -0.2) is 8.42 Å². The van der Waals surface area contributed by atoms with E-state index in [0.717, 1.165) is 0 Å². The van der Waals surface area contributed by atoms with Gasteiger partial charge in [0.05, 0.1) is 5.75 Å². The molecule has 0 saturated carbocycles. The summed E-state index contributed by atoms with van der Waals surface area (Å²) in [6.07, 6.45) is 3.34. The Balaban J connectivity index is 2.82. The number of aromatic nitrogens is 2. The lowest BCUT2D eigenvalue weighted by Crippen LogP contribution is -2.45. The first kappa shape index (κ1) is 16.7. The van der Waals surface area contributed by atoms with Crippen LogP contribution < -0.4 is 0 Å². The Kier molecular flexibility index (Phi) is 5.74. The van der Waals surface area contributed by atoms with Gasteiger partial charge in [0.25, 0.3) is 0 Å². The first-order chi connectivity index (χ1) is 9.32. The molecule has 0 saturated heterocycles. The fraction of sp³-hybridized carbons (Fsp3) is 0.692. The van der Waals surface area contributed by atoms with Crippen molar-refractivity contribution in [3.8, 4) is 0 Å². The Bertz CT molecular complexity index is 525. The molecule has 7 heteroatoms. The minimum Gasteiger partial charge on any atom is -0.337 e. The molecule has 1 aromatic rings. The molecule has 0 aliphatic heterocycles. The zero-order valence-electron chi connectivity index (χ0n) is 12.5. The third kappa shape index (κ3) is 4.06. The van der Waals surface area contributed by atoms with Crippen LogP contribution in [0.15, 0.2) is 18.5 Å². The molecule has 0 fully saturated rings. The van der Waals surface area contributed by atoms with Crippen LogP contribution in [-0.4, -0.2) is 53.1 Å². The molecule has 20 heavy (non-hydrogen) atoms. The van der Waals surface area contributed by atoms with Crippen LogP contribution in [0.4, 0.5) is 0 Å². The molecular formula is C13H23N3O3S. The van der Waals surface area contributed by atoms with E-state index in [2.05, 4.69) is 5.10 Å². The molecular weight excluding hydrogens is 278 g/mol. The van der Waals surface area contributed by atoms with Crippen molar-refractivity contribution in [3.63, 3.8) is 0 Å². The molecule has 1 aromatic heterocycles. The number of sulfone groups is 1. The minimum atomic E-state index is -3.10. The number of rotatable bonds is 7. The number of nitrogens with zero attached hydrogens (tertiary/aromatic N) is 3. The highest BCUT2D eigenvalue weighted by Crippen LogP contribution is 2.13. The van der Waals surface area contributed by atoms with Crippen molar-refractivity contribution in [1.29, 1.82) is 0 Å². The van der Waals surface area contributed by atoms with Crippen LogP contribution >= 0.6 is 0 Å². The van der Waals surface area contributed by atoms with Gasteiger partial charge in [-0.2, -0.15) is 5.10 Å². The average molecular weight is 301 g/mol. The van der Waals surface area contributed by atoms with E-state index in [-0.39, 0.29) is 23.5 Å². The third-order valence-corrected chi connectivity index (χ3v) is 5.24. The Hall–Kier alpha value is -1.37. The second kappa shape index (κ2) is 6.88. The number of amides is 1. The quantitative estimate of drug-likeness (QED) is 0.756. The second-order valence-electron chi connectivity index (χ2n) is 4.83. The molecule has 1 amide bonds. The Labute approximate surface area is 120 Å². The second-order valence-corrected chi connectivity index (χ2v) is 7.23. The summed E-state index contributed by atoms with van der Waals surface area (Å²) in [6, 6.07) is 0.984. The van der Waals surface area contributed by atoms with E-state index in [1.54, 1.807) is 48.8 Å². The molecule has 1 rings (SSSR count). The van der Waals surface area contributed by atoms with Gasteiger partial charge < -0.3 is 4.90 Å². The van der Waals surface area contributed by atoms with E-state index in [9.17, 15) is 13.2 Å². The summed E-state index contributed by atoms with van der Waals surface area (Å²) in [5, 5.41) is 4.05. The molecule has 0 aliphatic carbocycles. The van der Waals surface area contributed by atoms with Gasteiger partial charge in [0, 0.05) is 30.7 Å². The Morgan fingerprint density at radius 2 is 2.00 bits per heavy atom. The minimum absolute atomic E-state index is 0.00505. The van der Waals surface area contributed by atoms with Gasteiger partial charge >= 0.3 is 0 Å². The highest BCUT2D eigenvalue weighted by Gasteiger charge is 2.27. The maximum Gasteiger partial charge on any atom is 0.247 e. The van der Waals surface area contributed by atoms with Crippen LogP contribution in [0.25, 0.3) is 0 Å². The molecule has 2 atom stereocenters. The summed E-state index contributed by atoms with van der Waals surface area (Å²) >= 11 is 0. The number of carbonyl (C=O) groups is 1. The molecule has 114 valence electrons. The van der Waals surface area contributed by atoms with Crippen LogP contribution in [0.3, 0.4) is 0 Å². The number of hydrogen-bond acceptors (Lipinski definition) is 4. The van der Waals surface area contributed by atoms with Crippen LogP contribution in [0, 0.1) is 0 Å². The zero-order valence-corrected chi connectivity index (χ0v) is 13.3. The van der Waals surface area contributed by atoms with Crippen LogP contribution in [0.5, 0.6) is 0 Å². The fourth-order valence-corrected chi connectivity index (χ4v) is 3.27. The van der Waals surface area contributed by atoms with Crippen LogP contribution in [0.2, 0.25) is 0 Å². The van der Waals surface area contributed by atoms with Crippen molar-refractivity contribution in [2.45, 2.75) is 39.8 Å². The first-order valence-electron chi connectivity index (χ1n) is 6.82. The van der Waals surface area contributed by atoms with Crippen molar-refractivity contribution >= 4 is 15.7 Å². The number of hydrogen-bond donors (Lipinski definition) is 0. The van der Waals surface area contributed by atoms with Gasteiger partial charge in [-0.1, -0.05) is 6.92 Å². The van der Waals surface area contributed by atoms with Crippen molar-refractivity contribution in [2.75, 3.05) is 18.1 Å². The average Bonchev–Trinajstić information content (AvgIpc) is 2.91. The molecule has 0 aliphatic rings. The number of likely N-dealkylation sites (N-methyl/N-ethyl adjacent to an activating group) is 1. The summed E-state index contributed by atoms with van der Waals surface area (Å²) in [5.74, 6) is -0.0258. The molecule has 0 bridgehead atoms. The van der Waals surface area contributed by atoms with E-state index < -0.39 is 15.9 Å². The molecule has 6 nitrogen and oxygen atoms in total. The first-order valence-corrected chi connectivity index (χ1v) is 8.64. The predicted octanol–water partition coefficient (Wildman–Crippen LogP) is 1.12. The highest BCUT2D eigenvalue weighted by molar-refractivity contribution is 7.91. The maximum atomic E-state index is 12.5. The third-order valence-electron chi connectivity index (χ3n) is 3.37. The summed E-state index contributed by atoms with van der Waals surface area (Å²) in [5.41, 5.74) is 0. The van der Waals surface area contributed by atoms with E-state index in [0.29, 0.717) is 6.54 Å². The maximum absolute atomic E-state index is 12.5. The standard InChI is InChI=1S/C13H23N3O3S/c1-5-15(11(3)10-20(18,19)6-2)13(17)12(4)16-9-7-8-14-16/h7-9,11-12H,5-6,10H2,1-4H3. The molecule has 0 N–H and O–H groups in total. The topological polar surface area (TPSA) is 72.3 Å². The number of carbonyl (C=O) groups excluding carboxylic acids is 1. The van der Waals surface area contributed by atoms with Crippen LogP contribution in [-0.2, 0) is 14.6 Å². The molecule has 0 aromatic carbocycles. The van der Waals surface area contributed by atoms with Gasteiger partial charge in [-0.05, 0) is 26.8 Å². The Morgan fingerprint density at radius 3 is 2.45 bits per heavy atom. The van der Waals surface area contributed by atoms with Crippen molar-refractivity contribution in [1.82, 2.24) is 14.7 Å². The zero-order chi connectivity index (χ0) is 15.3. The normalized spacial score (nSPS) is 14.8. The van der Waals surface area contributed by atoms with Gasteiger partial charge in [0.1, 0.15) is 6.04 Å². The lowest BCUT2D eigenvalue weighted by molar-refractivity contribution is -0.136. The fourth-order valence-electron chi connectivity index (χ4n) is 2.12. The summed E-state index contributed by atoms with van der Waals surface area (Å²) in [6.45, 7) is 7.48. The van der Waals surface area contributed by atoms with E-state index in [1.165, 1.54) is 0 Å². The van der Waals surface area contributed by atoms with E-state index in [1.807, 2.05) is 6.92 Å². The van der Waals surface area contributed by atoms with Crippen molar-refractivity contribution in [2.24, 2.45) is 0 Å². The van der Waals surface area contributed by atoms with Crippen molar-refractivity contribution < 1.29 is 13.2 Å². The lowest BCUT2D eigenvalue weighted by Gasteiger charge is -2.30. The summed E-state index contributed by atoms with van der Waals surface area (Å²) in [4.78, 5) is 14.1. The monoisotopic (exact) mass is 301 g/mol. The summed E-state index contributed by atoms with van der Waals surface area (Å²) < 4.78 is 25.0. The highest BCUT2D eigenvalue weighted by atomic mass is 32.2. The largest absolute Gasteiger partial charge is 0.337 e. The molecule has 2 unspecified atom stereocenters. The SMILES string of the molecule is CCN(C(=O)C(C)n1cccn1)C(C)CS(=O)(=O)CC. The summed E-state index contributed by atoms with van der Waals surface area (Å²) in [7, 11) is -3.10. The lowest BCUT2D eigenvalue weighted by atomic mass is 10.2. The van der Waals surface area contributed by atoms with Gasteiger partial charge in [-0.3, -0.25) is 9.48 Å². The van der Waals surface area contributed by atoms with Crippen molar-refractivity contribution in [3.05, 3.63) is 18.5 Å². The van der Waals surface area contributed by atoms with E-state index >= 15 is 0 Å². The predicted molar refractivity (Wildman–Crippen MR) is 78.1 cm³/mol.